The van der Waals surface area contributed by atoms with E-state index in [9.17, 15) is 32.2 Å². The fourth-order valence-corrected chi connectivity index (χ4v) is 12.1. The second-order valence-electron chi connectivity index (χ2n) is 33.2. The van der Waals surface area contributed by atoms with E-state index < -0.39 is 18.3 Å². The van der Waals surface area contributed by atoms with Crippen molar-refractivity contribution in [3.8, 4) is 34.5 Å². The average molecular weight is 1310 g/mol. The molecule has 3 heterocycles. The summed E-state index contributed by atoms with van der Waals surface area (Å²) in [6, 6.07) is 34.1. The molecule has 12 rings (SSSR count). The van der Waals surface area contributed by atoms with Gasteiger partial charge in [0.2, 0.25) is 0 Å². The zero-order valence-corrected chi connectivity index (χ0v) is 59.9. The van der Waals surface area contributed by atoms with Gasteiger partial charge in [-0.1, -0.05) is 213 Å². The second-order valence-corrected chi connectivity index (χ2v) is 33.2. The molecule has 6 aromatic rings. The minimum Gasteiger partial charge on any atom is -0.508 e. The quantitative estimate of drug-likeness (QED) is 0.147. The van der Waals surface area contributed by atoms with Crippen molar-refractivity contribution in [1.82, 2.24) is 0 Å². The summed E-state index contributed by atoms with van der Waals surface area (Å²) in [4.78, 5) is 0. The monoisotopic (exact) mass is 1300 g/mol. The Balaban J connectivity index is 0.000000179. The van der Waals surface area contributed by atoms with Gasteiger partial charge in [0.05, 0.1) is 12.7 Å². The molecule has 0 amide bonds. The molecular formula is C82H113F5O7. The molecule has 0 spiro atoms. The highest BCUT2D eigenvalue weighted by atomic mass is 19.3. The van der Waals surface area contributed by atoms with Crippen molar-refractivity contribution in [1.29, 1.82) is 0 Å². The van der Waals surface area contributed by atoms with Crippen LogP contribution in [0.2, 0.25) is 0 Å². The van der Waals surface area contributed by atoms with E-state index >= 15 is 0 Å². The largest absolute Gasteiger partial charge is 0.586 e. The van der Waals surface area contributed by atoms with Gasteiger partial charge in [-0.2, -0.15) is 13.2 Å². The molecule has 518 valence electrons. The first kappa shape index (κ1) is 76.7. The fraction of sp³-hybridized carbons (Fsp3) is 0.561. The van der Waals surface area contributed by atoms with Crippen LogP contribution in [0.15, 0.2) is 103 Å². The topological polar surface area (TPSA) is 86.6 Å². The number of fused-ring (bicyclic) bond motifs is 6. The lowest BCUT2D eigenvalue weighted by Crippen LogP contribution is -2.53. The lowest BCUT2D eigenvalue weighted by Gasteiger charge is -2.36. The van der Waals surface area contributed by atoms with Crippen molar-refractivity contribution < 1.29 is 55.8 Å². The minimum atomic E-state index is -4.00. The Morgan fingerprint density at radius 3 is 1.31 bits per heavy atom. The summed E-state index contributed by atoms with van der Waals surface area (Å²) in [6.07, 6.45) is 6.69. The zero-order chi connectivity index (χ0) is 69.3. The van der Waals surface area contributed by atoms with Gasteiger partial charge < -0.3 is 33.9 Å². The first-order valence-corrected chi connectivity index (χ1v) is 33.7. The van der Waals surface area contributed by atoms with Crippen molar-refractivity contribution >= 4 is 0 Å². The highest BCUT2D eigenvalue weighted by Gasteiger charge is 2.60. The van der Waals surface area contributed by atoms with Crippen LogP contribution in [0.4, 0.5) is 22.0 Å². The number of phenolic OH excluding ortho intramolecular Hbond substituents is 1. The molecule has 0 aromatic heterocycles. The summed E-state index contributed by atoms with van der Waals surface area (Å²) in [5.74, 6) is -1.56. The maximum absolute atomic E-state index is 13.6. The number of alkyl halides is 5. The molecule has 2 atom stereocenters. The van der Waals surface area contributed by atoms with Gasteiger partial charge in [-0.05, 0) is 224 Å². The van der Waals surface area contributed by atoms with Crippen LogP contribution < -0.4 is 23.7 Å². The predicted octanol–water partition coefficient (Wildman–Crippen LogP) is 22.8. The predicted molar refractivity (Wildman–Crippen MR) is 375 cm³/mol. The summed E-state index contributed by atoms with van der Waals surface area (Å²) >= 11 is 0. The SMILES string of the molecule is C.CC(C)(C)c1cc2c(cc1O)CCCC2.CC(C)(C)c1ccc2c(c1)C(O)CCC2.CC(C)(C)c1ccc2c(c1)CCCC2.CC(C)(C)c1ccc2c(c1)OC(F)(F)C(C)(F)O2.CC(C)(C)c1ccc2c(c1)OC(F)(F)O2.CC(C)(C)c1ccc2c(c1)OCCC2(C)C. The van der Waals surface area contributed by atoms with E-state index in [1.54, 1.807) is 29.3 Å². The summed E-state index contributed by atoms with van der Waals surface area (Å²) in [5.41, 5.74) is 17.5. The number of hydrogen-bond acceptors (Lipinski definition) is 7. The molecule has 3 aliphatic carbocycles. The Hall–Kier alpha value is -6.27. The molecule has 0 radical (unpaired) electrons. The standard InChI is InChI=1S/C15H22O.2C14H20O.C14H20.C13H15F3O2.C11H12F2O2.CH4/c1-14(2,3)11-6-7-12-13(10-11)16-9-8-15(12,4)5;1-14(2,3)11-8-7-10-5-4-6-13(15)12(10)9-11;1-14(2,3)12-8-10-6-4-5-7-11(10)9-13(12)15;1-14(2,3)13-9-8-11-6-4-5-7-12(11)10-13;1-11(2,3)8-5-6-9-10(7-8)18-13(15,16)12(4,14)17-9;1-10(2,3)7-4-5-8-9(6-7)15-11(12,13)14-8;/h6-7,10H,8-9H2,1-5H3;7-9,13,15H,4-6H2,1-3H3;8-9,15H,4-7H2,1-3H3;8-10H,4-7H2,1-3H3;5-7H,1-4H3;4-6H,1-3H3;1H4. The lowest BCUT2D eigenvalue weighted by molar-refractivity contribution is -0.332. The number of rotatable bonds is 0. The molecule has 0 saturated carbocycles. The summed E-state index contributed by atoms with van der Waals surface area (Å²) in [5, 5.41) is 20.0. The average Bonchev–Trinajstić information content (AvgIpc) is 0.823. The molecular weight excluding hydrogens is 1190 g/mol. The number of ether oxygens (including phenoxy) is 5. The van der Waals surface area contributed by atoms with Crippen LogP contribution in [0.25, 0.3) is 0 Å². The van der Waals surface area contributed by atoms with Gasteiger partial charge in [0, 0.05) is 6.92 Å². The second kappa shape index (κ2) is 28.8. The Labute approximate surface area is 561 Å². The fourth-order valence-electron chi connectivity index (χ4n) is 12.1. The Morgan fingerprint density at radius 2 is 0.798 bits per heavy atom. The molecule has 6 aromatic carbocycles. The van der Waals surface area contributed by atoms with Gasteiger partial charge in [-0.3, -0.25) is 0 Å². The van der Waals surface area contributed by atoms with Gasteiger partial charge in [0.1, 0.15) is 11.5 Å². The molecule has 12 heteroatoms. The van der Waals surface area contributed by atoms with Gasteiger partial charge in [-0.25, -0.2) is 0 Å². The van der Waals surface area contributed by atoms with E-state index in [4.69, 9.17) is 4.74 Å². The molecule has 0 saturated heterocycles. The lowest BCUT2D eigenvalue weighted by atomic mass is 9.77. The summed E-state index contributed by atoms with van der Waals surface area (Å²) in [7, 11) is 0. The summed E-state index contributed by atoms with van der Waals surface area (Å²) in [6.45, 7) is 44.6. The number of aliphatic hydroxyl groups excluding tert-OH is 1. The minimum absolute atomic E-state index is 0. The van der Waals surface area contributed by atoms with E-state index in [-0.39, 0.29) is 69.0 Å². The van der Waals surface area contributed by atoms with Crippen molar-refractivity contribution in [2.24, 2.45) is 0 Å². The molecule has 2 unspecified atom stereocenters. The van der Waals surface area contributed by atoms with Crippen molar-refractivity contribution in [2.75, 3.05) is 6.61 Å². The molecule has 3 aliphatic heterocycles. The smallest absolute Gasteiger partial charge is 0.508 e. The van der Waals surface area contributed by atoms with Crippen LogP contribution in [-0.4, -0.2) is 35.1 Å². The first-order valence-electron chi connectivity index (χ1n) is 33.7. The number of aliphatic hydroxyl groups is 1. The van der Waals surface area contributed by atoms with E-state index in [0.717, 1.165) is 66.7 Å². The van der Waals surface area contributed by atoms with Crippen molar-refractivity contribution in [3.05, 3.63) is 175 Å². The third kappa shape index (κ3) is 19.7. The maximum Gasteiger partial charge on any atom is 0.586 e. The molecule has 0 bridgehead atoms. The Kier molecular flexibility index (Phi) is 23.5. The third-order valence-corrected chi connectivity index (χ3v) is 18.5. The number of halogens is 5. The zero-order valence-electron chi connectivity index (χ0n) is 59.9. The van der Waals surface area contributed by atoms with Gasteiger partial charge >= 0.3 is 18.3 Å². The Bertz CT molecular complexity index is 3540. The Morgan fingerprint density at radius 1 is 0.404 bits per heavy atom. The third-order valence-electron chi connectivity index (χ3n) is 18.5. The highest BCUT2D eigenvalue weighted by molar-refractivity contribution is 5.50. The first-order chi connectivity index (χ1) is 42.6. The number of aromatic hydroxyl groups is 1. The van der Waals surface area contributed by atoms with E-state index in [1.165, 1.54) is 102 Å². The molecule has 2 N–H and O–H groups in total. The summed E-state index contributed by atoms with van der Waals surface area (Å²) < 4.78 is 89.3. The van der Waals surface area contributed by atoms with Gasteiger partial charge in [-0.15, -0.1) is 8.78 Å². The van der Waals surface area contributed by atoms with Crippen LogP contribution in [0, 0.1) is 0 Å². The molecule has 6 aliphatic rings. The normalized spacial score (nSPS) is 19.5. The van der Waals surface area contributed by atoms with Crippen molar-refractivity contribution in [2.45, 2.75) is 292 Å². The number of phenols is 1. The number of benzene rings is 6. The van der Waals surface area contributed by atoms with E-state index in [2.05, 4.69) is 177 Å². The van der Waals surface area contributed by atoms with Gasteiger partial charge in [0.15, 0.2) is 23.0 Å². The highest BCUT2D eigenvalue weighted by Crippen LogP contribution is 2.48. The van der Waals surface area contributed by atoms with Crippen LogP contribution in [0.1, 0.15) is 276 Å². The molecule has 94 heavy (non-hydrogen) atoms. The van der Waals surface area contributed by atoms with E-state index in [0.29, 0.717) is 18.1 Å². The number of aryl methyl sites for hydroxylation is 5. The molecule has 0 fully saturated rings. The maximum atomic E-state index is 13.6. The van der Waals surface area contributed by atoms with Crippen molar-refractivity contribution in [3.63, 3.8) is 0 Å². The van der Waals surface area contributed by atoms with Crippen LogP contribution in [0.3, 0.4) is 0 Å². The molecule has 7 nitrogen and oxygen atoms in total. The van der Waals surface area contributed by atoms with Crippen LogP contribution in [0.5, 0.6) is 34.5 Å². The number of hydrogen-bond donors (Lipinski definition) is 2. The van der Waals surface area contributed by atoms with E-state index in [1.807, 2.05) is 47.6 Å². The van der Waals surface area contributed by atoms with Gasteiger partial charge in [0.25, 0.3) is 0 Å². The van der Waals surface area contributed by atoms with Crippen LogP contribution >= 0.6 is 0 Å². The van der Waals surface area contributed by atoms with Crippen LogP contribution in [-0.2, 0) is 70.0 Å².